The minimum atomic E-state index is -0.502. The van der Waals surface area contributed by atoms with E-state index in [1.165, 1.54) is 19.3 Å². The van der Waals surface area contributed by atoms with Crippen molar-refractivity contribution in [2.75, 3.05) is 0 Å². The van der Waals surface area contributed by atoms with E-state index < -0.39 is 11.6 Å². The second kappa shape index (κ2) is 3.94. The molecule has 0 radical (unpaired) electrons. The summed E-state index contributed by atoms with van der Waals surface area (Å²) in [6, 6.07) is 2.52. The van der Waals surface area contributed by atoms with Crippen LogP contribution >= 0.6 is 11.6 Å². The van der Waals surface area contributed by atoms with Gasteiger partial charge in [-0.05, 0) is 49.1 Å². The molecule has 0 spiro atoms. The van der Waals surface area contributed by atoms with Crippen molar-refractivity contribution < 1.29 is 8.78 Å². The molecule has 3 unspecified atom stereocenters. The van der Waals surface area contributed by atoms with Gasteiger partial charge in [-0.25, -0.2) is 8.78 Å². The number of rotatable bonds is 2. The first-order valence-electron chi connectivity index (χ1n) is 6.19. The Hall–Kier alpha value is -0.630. The fourth-order valence-electron chi connectivity index (χ4n) is 3.41. The molecule has 1 aromatic rings. The Bertz CT molecular complexity index is 448. The minimum Gasteiger partial charge on any atom is -0.207 e. The quantitative estimate of drug-likeness (QED) is 0.679. The Morgan fingerprint density at radius 2 is 1.82 bits per heavy atom. The van der Waals surface area contributed by atoms with E-state index in [2.05, 4.69) is 0 Å². The summed E-state index contributed by atoms with van der Waals surface area (Å²) in [6.07, 6.45) is 3.72. The zero-order chi connectivity index (χ0) is 12.2. The molecule has 0 heterocycles. The van der Waals surface area contributed by atoms with Crippen LogP contribution in [0, 0.1) is 36.3 Å². The SMILES string of the molecule is Cc1cc(C(Cl)C2C3CCCC32)c(F)cc1F. The van der Waals surface area contributed by atoms with Crippen LogP contribution in [0.3, 0.4) is 0 Å². The Morgan fingerprint density at radius 3 is 2.47 bits per heavy atom. The molecular formula is C14H15ClF2. The molecular weight excluding hydrogens is 242 g/mol. The van der Waals surface area contributed by atoms with Gasteiger partial charge in [0.25, 0.3) is 0 Å². The van der Waals surface area contributed by atoms with Crippen LogP contribution in [0.15, 0.2) is 12.1 Å². The van der Waals surface area contributed by atoms with E-state index in [1.54, 1.807) is 13.0 Å². The highest BCUT2D eigenvalue weighted by Crippen LogP contribution is 2.64. The Labute approximate surface area is 105 Å². The van der Waals surface area contributed by atoms with Crippen molar-refractivity contribution >= 4 is 11.6 Å². The van der Waals surface area contributed by atoms with Crippen molar-refractivity contribution in [3.8, 4) is 0 Å². The number of alkyl halides is 1. The van der Waals surface area contributed by atoms with Gasteiger partial charge < -0.3 is 0 Å². The van der Waals surface area contributed by atoms with Gasteiger partial charge in [-0.15, -0.1) is 11.6 Å². The smallest absolute Gasteiger partial charge is 0.130 e. The van der Waals surface area contributed by atoms with E-state index in [9.17, 15) is 8.78 Å². The third kappa shape index (κ3) is 1.77. The molecule has 0 amide bonds. The average Bonchev–Trinajstić information content (AvgIpc) is 2.76. The number of hydrogen-bond acceptors (Lipinski definition) is 0. The molecule has 2 saturated carbocycles. The maximum atomic E-state index is 13.7. The highest BCUT2D eigenvalue weighted by Gasteiger charge is 2.56. The predicted molar refractivity (Wildman–Crippen MR) is 64.0 cm³/mol. The van der Waals surface area contributed by atoms with Crippen LogP contribution in [0.1, 0.15) is 35.8 Å². The zero-order valence-corrected chi connectivity index (χ0v) is 10.5. The molecule has 2 aliphatic rings. The number of fused-ring (bicyclic) bond motifs is 1. The third-order valence-corrected chi connectivity index (χ3v) is 4.91. The van der Waals surface area contributed by atoms with Gasteiger partial charge in [0.1, 0.15) is 11.6 Å². The zero-order valence-electron chi connectivity index (χ0n) is 9.72. The maximum absolute atomic E-state index is 13.7. The summed E-state index contributed by atoms with van der Waals surface area (Å²) in [4.78, 5) is 0. The maximum Gasteiger partial charge on any atom is 0.130 e. The van der Waals surface area contributed by atoms with E-state index in [1.807, 2.05) is 0 Å². The highest BCUT2D eigenvalue weighted by molar-refractivity contribution is 6.21. The molecule has 1 aromatic carbocycles. The lowest BCUT2D eigenvalue weighted by Gasteiger charge is -2.14. The number of halogens is 3. The first-order chi connectivity index (χ1) is 8.09. The van der Waals surface area contributed by atoms with Gasteiger partial charge >= 0.3 is 0 Å². The van der Waals surface area contributed by atoms with Crippen molar-refractivity contribution in [3.05, 3.63) is 34.9 Å². The number of aryl methyl sites for hydroxylation is 1. The molecule has 0 bridgehead atoms. The summed E-state index contributed by atoms with van der Waals surface area (Å²) < 4.78 is 26.9. The Balaban J connectivity index is 1.87. The molecule has 92 valence electrons. The molecule has 0 aliphatic heterocycles. The van der Waals surface area contributed by atoms with E-state index in [4.69, 9.17) is 11.6 Å². The first-order valence-corrected chi connectivity index (χ1v) is 6.63. The topological polar surface area (TPSA) is 0 Å². The van der Waals surface area contributed by atoms with E-state index in [0.717, 1.165) is 6.07 Å². The fourth-order valence-corrected chi connectivity index (χ4v) is 3.95. The summed E-state index contributed by atoms with van der Waals surface area (Å²) in [5, 5.41) is -0.287. The van der Waals surface area contributed by atoms with Crippen molar-refractivity contribution in [1.29, 1.82) is 0 Å². The van der Waals surface area contributed by atoms with Crippen LogP contribution in [-0.4, -0.2) is 0 Å². The van der Waals surface area contributed by atoms with Gasteiger partial charge in [0.05, 0.1) is 5.38 Å². The van der Waals surface area contributed by atoms with Crippen LogP contribution in [0.4, 0.5) is 8.78 Å². The van der Waals surface area contributed by atoms with Crippen LogP contribution in [0.25, 0.3) is 0 Å². The Morgan fingerprint density at radius 1 is 1.18 bits per heavy atom. The normalized spacial score (nSPS) is 32.4. The van der Waals surface area contributed by atoms with Crippen LogP contribution in [0.5, 0.6) is 0 Å². The van der Waals surface area contributed by atoms with Gasteiger partial charge in [0.15, 0.2) is 0 Å². The molecule has 2 aliphatic carbocycles. The first kappa shape index (κ1) is 11.5. The van der Waals surface area contributed by atoms with Crippen LogP contribution < -0.4 is 0 Å². The van der Waals surface area contributed by atoms with Crippen molar-refractivity contribution in [3.63, 3.8) is 0 Å². The highest BCUT2D eigenvalue weighted by atomic mass is 35.5. The van der Waals surface area contributed by atoms with Crippen LogP contribution in [-0.2, 0) is 0 Å². The monoisotopic (exact) mass is 256 g/mol. The summed E-state index contributed by atoms with van der Waals surface area (Å²) in [7, 11) is 0. The van der Waals surface area contributed by atoms with Crippen molar-refractivity contribution in [2.45, 2.75) is 31.6 Å². The van der Waals surface area contributed by atoms with Gasteiger partial charge in [0.2, 0.25) is 0 Å². The largest absolute Gasteiger partial charge is 0.207 e. The molecule has 3 rings (SSSR count). The lowest BCUT2D eigenvalue weighted by molar-refractivity contribution is 0.532. The van der Waals surface area contributed by atoms with Crippen molar-refractivity contribution in [1.82, 2.24) is 0 Å². The predicted octanol–water partition coefficient (Wildman–Crippen LogP) is 4.60. The molecule has 17 heavy (non-hydrogen) atoms. The van der Waals surface area contributed by atoms with Crippen LogP contribution in [0.2, 0.25) is 0 Å². The lowest BCUT2D eigenvalue weighted by Crippen LogP contribution is -2.03. The molecule has 0 nitrogen and oxygen atoms in total. The molecule has 2 fully saturated rings. The number of benzene rings is 1. The third-order valence-electron chi connectivity index (χ3n) is 4.39. The van der Waals surface area contributed by atoms with E-state index in [0.29, 0.717) is 28.9 Å². The molecule has 0 saturated heterocycles. The molecule has 0 aromatic heterocycles. The van der Waals surface area contributed by atoms with Crippen molar-refractivity contribution in [2.24, 2.45) is 17.8 Å². The van der Waals surface area contributed by atoms with Gasteiger partial charge in [-0.3, -0.25) is 0 Å². The fraction of sp³-hybridized carbons (Fsp3) is 0.571. The minimum absolute atomic E-state index is 0.287. The summed E-state index contributed by atoms with van der Waals surface area (Å²) in [5.74, 6) is 0.776. The summed E-state index contributed by atoms with van der Waals surface area (Å²) in [6.45, 7) is 1.65. The summed E-state index contributed by atoms with van der Waals surface area (Å²) >= 11 is 6.37. The molecule has 0 N–H and O–H groups in total. The van der Waals surface area contributed by atoms with Gasteiger partial charge in [-0.2, -0.15) is 0 Å². The van der Waals surface area contributed by atoms with E-state index in [-0.39, 0.29) is 5.38 Å². The van der Waals surface area contributed by atoms with Gasteiger partial charge in [0, 0.05) is 11.6 Å². The second-order valence-electron chi connectivity index (χ2n) is 5.36. The average molecular weight is 257 g/mol. The lowest BCUT2D eigenvalue weighted by atomic mass is 10.00. The Kier molecular flexibility index (Phi) is 2.66. The standard InChI is InChI=1S/C14H15ClF2/c1-7-5-10(12(17)6-11(7)16)14(15)13-8-3-2-4-9(8)13/h5-6,8-9,13-14H,2-4H2,1H3. The van der Waals surface area contributed by atoms with Gasteiger partial charge in [-0.1, -0.05) is 6.42 Å². The second-order valence-corrected chi connectivity index (χ2v) is 5.83. The summed E-state index contributed by atoms with van der Waals surface area (Å²) in [5.41, 5.74) is 0.947. The number of hydrogen-bond donors (Lipinski definition) is 0. The van der Waals surface area contributed by atoms with E-state index >= 15 is 0 Å². The molecule has 3 heteroatoms. The molecule has 3 atom stereocenters.